The van der Waals surface area contributed by atoms with E-state index in [-0.39, 0.29) is 11.9 Å². The van der Waals surface area contributed by atoms with Gasteiger partial charge in [-0.2, -0.15) is 5.10 Å². The molecule has 0 fully saturated rings. The van der Waals surface area contributed by atoms with E-state index < -0.39 is 0 Å². The van der Waals surface area contributed by atoms with Crippen molar-refractivity contribution >= 4 is 17.7 Å². The third-order valence-corrected chi connectivity index (χ3v) is 5.55. The van der Waals surface area contributed by atoms with Gasteiger partial charge in [-0.05, 0) is 48.4 Å². The van der Waals surface area contributed by atoms with Crippen molar-refractivity contribution in [2.24, 2.45) is 0 Å². The number of hydrogen-bond acceptors (Lipinski definition) is 4. The zero-order valence-electron chi connectivity index (χ0n) is 14.4. The Labute approximate surface area is 156 Å². The molecule has 132 valence electrons. The molecular formula is C20H19N3O2S. The van der Waals surface area contributed by atoms with Crippen molar-refractivity contribution < 1.29 is 9.53 Å². The van der Waals surface area contributed by atoms with Gasteiger partial charge in [0.1, 0.15) is 5.75 Å². The van der Waals surface area contributed by atoms with Gasteiger partial charge in [0, 0.05) is 16.8 Å². The van der Waals surface area contributed by atoms with E-state index in [1.54, 1.807) is 24.1 Å². The van der Waals surface area contributed by atoms with Crippen molar-refractivity contribution in [3.8, 4) is 11.4 Å². The molecule has 4 rings (SSSR count). The van der Waals surface area contributed by atoms with E-state index in [1.165, 1.54) is 10.5 Å². The van der Waals surface area contributed by atoms with Gasteiger partial charge in [-0.3, -0.25) is 4.79 Å². The molecule has 2 aromatic carbocycles. The van der Waals surface area contributed by atoms with Crippen LogP contribution in [-0.4, -0.2) is 28.6 Å². The van der Waals surface area contributed by atoms with Crippen LogP contribution in [0.5, 0.6) is 5.75 Å². The summed E-state index contributed by atoms with van der Waals surface area (Å²) in [5.74, 6) is 1.64. The number of methoxy groups -OCH3 is 1. The second kappa shape index (κ2) is 7.25. The Morgan fingerprint density at radius 2 is 2.00 bits per heavy atom. The van der Waals surface area contributed by atoms with Gasteiger partial charge in [0.15, 0.2) is 5.69 Å². The van der Waals surface area contributed by atoms with E-state index in [0.29, 0.717) is 5.69 Å². The molecule has 1 aromatic heterocycles. The van der Waals surface area contributed by atoms with E-state index in [1.807, 2.05) is 48.2 Å². The minimum absolute atomic E-state index is 0.0334. The predicted molar refractivity (Wildman–Crippen MR) is 102 cm³/mol. The molecule has 0 bridgehead atoms. The summed E-state index contributed by atoms with van der Waals surface area (Å²) >= 11 is 1.84. The number of thioether (sulfide) groups is 1. The lowest BCUT2D eigenvalue weighted by atomic mass is 10.0. The van der Waals surface area contributed by atoms with Crippen LogP contribution in [0.4, 0.5) is 0 Å². The molecule has 5 nitrogen and oxygen atoms in total. The first-order valence-corrected chi connectivity index (χ1v) is 9.46. The number of hydrogen-bond donors (Lipinski definition) is 1. The molecule has 1 N–H and O–H groups in total. The first-order valence-electron chi connectivity index (χ1n) is 8.47. The number of carbonyl (C=O) groups is 1. The molecule has 0 aliphatic carbocycles. The highest BCUT2D eigenvalue weighted by atomic mass is 32.2. The molecule has 0 spiro atoms. The Morgan fingerprint density at radius 3 is 2.81 bits per heavy atom. The first kappa shape index (κ1) is 16.7. The minimum atomic E-state index is -0.149. The zero-order chi connectivity index (χ0) is 17.9. The Balaban J connectivity index is 1.50. The molecule has 1 aliphatic rings. The molecule has 1 amide bonds. The van der Waals surface area contributed by atoms with Gasteiger partial charge in [-0.15, -0.1) is 11.8 Å². The molecule has 0 saturated heterocycles. The fraction of sp³-hybridized carbons (Fsp3) is 0.200. The lowest BCUT2D eigenvalue weighted by molar-refractivity contribution is 0.0929. The van der Waals surface area contributed by atoms with E-state index in [9.17, 15) is 4.79 Å². The van der Waals surface area contributed by atoms with Crippen LogP contribution in [0.2, 0.25) is 0 Å². The summed E-state index contributed by atoms with van der Waals surface area (Å²) in [6.07, 6.45) is 2.72. The average molecular weight is 365 g/mol. The quantitative estimate of drug-likeness (QED) is 0.763. The summed E-state index contributed by atoms with van der Waals surface area (Å²) in [7, 11) is 1.63. The van der Waals surface area contributed by atoms with Crippen LogP contribution < -0.4 is 10.1 Å². The topological polar surface area (TPSA) is 56.1 Å². The molecule has 6 heteroatoms. The third-order valence-electron chi connectivity index (χ3n) is 4.42. The van der Waals surface area contributed by atoms with E-state index >= 15 is 0 Å². The molecule has 2 heterocycles. The number of benzene rings is 2. The number of rotatable bonds is 4. The first-order chi connectivity index (χ1) is 12.7. The van der Waals surface area contributed by atoms with Crippen LogP contribution >= 0.6 is 11.8 Å². The minimum Gasteiger partial charge on any atom is -0.497 e. The summed E-state index contributed by atoms with van der Waals surface area (Å²) in [4.78, 5) is 13.9. The monoisotopic (exact) mass is 365 g/mol. The van der Waals surface area contributed by atoms with Crippen LogP contribution in [0.3, 0.4) is 0 Å². The van der Waals surface area contributed by atoms with Gasteiger partial charge >= 0.3 is 0 Å². The van der Waals surface area contributed by atoms with Crippen LogP contribution in [0.15, 0.2) is 65.7 Å². The fourth-order valence-corrected chi connectivity index (χ4v) is 4.17. The van der Waals surface area contributed by atoms with Crippen molar-refractivity contribution in [2.45, 2.75) is 17.4 Å². The second-order valence-corrected chi connectivity index (χ2v) is 7.18. The Bertz CT molecular complexity index is 921. The highest BCUT2D eigenvalue weighted by Crippen LogP contribution is 2.35. The Kier molecular flexibility index (Phi) is 4.67. The van der Waals surface area contributed by atoms with Crippen molar-refractivity contribution in [2.75, 3.05) is 12.9 Å². The van der Waals surface area contributed by atoms with Crippen molar-refractivity contribution in [3.63, 3.8) is 0 Å². The number of carbonyl (C=O) groups excluding carboxylic acids is 1. The summed E-state index contributed by atoms with van der Waals surface area (Å²) in [6.45, 7) is 0. The summed E-state index contributed by atoms with van der Waals surface area (Å²) in [6, 6.07) is 17.6. The largest absolute Gasteiger partial charge is 0.497 e. The van der Waals surface area contributed by atoms with Crippen molar-refractivity contribution in [1.82, 2.24) is 15.1 Å². The van der Waals surface area contributed by atoms with Gasteiger partial charge in [0.25, 0.3) is 5.91 Å². The number of aromatic nitrogens is 2. The summed E-state index contributed by atoms with van der Waals surface area (Å²) in [5.41, 5.74) is 2.48. The lowest BCUT2D eigenvalue weighted by Crippen LogP contribution is -2.31. The van der Waals surface area contributed by atoms with Crippen LogP contribution in [0.25, 0.3) is 5.69 Å². The molecule has 0 saturated carbocycles. The number of fused-ring (bicyclic) bond motifs is 1. The predicted octanol–water partition coefficient (Wildman–Crippen LogP) is 3.85. The van der Waals surface area contributed by atoms with Gasteiger partial charge in [0.2, 0.25) is 0 Å². The third kappa shape index (κ3) is 3.32. The highest BCUT2D eigenvalue weighted by molar-refractivity contribution is 7.99. The fourth-order valence-electron chi connectivity index (χ4n) is 3.05. The maximum absolute atomic E-state index is 12.7. The Hall–Kier alpha value is -2.73. The molecule has 0 radical (unpaired) electrons. The molecule has 26 heavy (non-hydrogen) atoms. The van der Waals surface area contributed by atoms with E-state index in [2.05, 4.69) is 22.5 Å². The number of nitrogens with one attached hydrogen (secondary N) is 1. The molecule has 3 aromatic rings. The second-order valence-electron chi connectivity index (χ2n) is 6.04. The molecular weight excluding hydrogens is 346 g/mol. The molecule has 0 unspecified atom stereocenters. The van der Waals surface area contributed by atoms with Gasteiger partial charge in [-0.1, -0.05) is 18.2 Å². The molecule has 1 aliphatic heterocycles. The smallest absolute Gasteiger partial charge is 0.272 e. The maximum Gasteiger partial charge on any atom is 0.272 e. The summed E-state index contributed by atoms with van der Waals surface area (Å²) < 4.78 is 6.86. The van der Waals surface area contributed by atoms with Crippen molar-refractivity contribution in [1.29, 1.82) is 0 Å². The van der Waals surface area contributed by atoms with Gasteiger partial charge in [-0.25, -0.2) is 4.68 Å². The van der Waals surface area contributed by atoms with Crippen LogP contribution in [0, 0.1) is 0 Å². The average Bonchev–Trinajstić information content (AvgIpc) is 3.19. The number of ether oxygens (including phenoxy) is 1. The van der Waals surface area contributed by atoms with Crippen LogP contribution in [-0.2, 0) is 0 Å². The standard InChI is InChI=1S/C20H19N3O2S/c1-25-15-8-6-14(7-9-15)23-12-10-18(22-23)20(24)21-17-11-13-26-19-5-3-2-4-16(17)19/h2-10,12,17H,11,13H2,1H3,(H,21,24)/t17-/m0/s1. The normalized spacial score (nSPS) is 16.0. The highest BCUT2D eigenvalue weighted by Gasteiger charge is 2.23. The van der Waals surface area contributed by atoms with Crippen LogP contribution in [0.1, 0.15) is 28.5 Å². The maximum atomic E-state index is 12.7. The number of amides is 1. The molecule has 1 atom stereocenters. The van der Waals surface area contributed by atoms with Crippen molar-refractivity contribution in [3.05, 3.63) is 72.1 Å². The lowest BCUT2D eigenvalue weighted by Gasteiger charge is -2.25. The Morgan fingerprint density at radius 1 is 1.19 bits per heavy atom. The SMILES string of the molecule is COc1ccc(-n2ccc(C(=O)N[C@H]3CCSc4ccccc43)n2)cc1. The van der Waals surface area contributed by atoms with Gasteiger partial charge < -0.3 is 10.1 Å². The van der Waals surface area contributed by atoms with Gasteiger partial charge in [0.05, 0.1) is 18.8 Å². The zero-order valence-corrected chi connectivity index (χ0v) is 15.2. The number of nitrogens with zero attached hydrogens (tertiary/aromatic N) is 2. The van der Waals surface area contributed by atoms with E-state index in [0.717, 1.165) is 23.6 Å². The summed E-state index contributed by atoms with van der Waals surface area (Å²) in [5, 5.41) is 7.54. The van der Waals surface area contributed by atoms with E-state index in [4.69, 9.17) is 4.74 Å².